The second kappa shape index (κ2) is 9.25. The Kier molecular flexibility index (Phi) is 6.50. The van der Waals surface area contributed by atoms with E-state index in [1.54, 1.807) is 0 Å². The second-order valence-corrected chi connectivity index (χ2v) is 6.48. The molecule has 0 aliphatic carbocycles. The van der Waals surface area contributed by atoms with Gasteiger partial charge in [0, 0.05) is 19.1 Å². The van der Waals surface area contributed by atoms with E-state index in [4.69, 9.17) is 9.47 Å². The third-order valence-electron chi connectivity index (χ3n) is 4.62. The minimum Gasteiger partial charge on any atom is -0.485 e. The van der Waals surface area contributed by atoms with E-state index in [0.29, 0.717) is 24.1 Å². The Bertz CT molecular complexity index is 705. The zero-order valence-corrected chi connectivity index (χ0v) is 15.2. The molecule has 0 radical (unpaired) electrons. The number of carbonyl (C=O) groups excluding carboxylic acids is 1. The van der Waals surface area contributed by atoms with E-state index in [-0.39, 0.29) is 12.5 Å². The van der Waals surface area contributed by atoms with E-state index in [9.17, 15) is 4.79 Å². The summed E-state index contributed by atoms with van der Waals surface area (Å²) in [5, 5.41) is 3.25. The molecular formula is C21H26N2O3. The second-order valence-electron chi connectivity index (χ2n) is 6.48. The summed E-state index contributed by atoms with van der Waals surface area (Å²) in [4.78, 5) is 14.3. The minimum absolute atomic E-state index is 0.0165. The van der Waals surface area contributed by atoms with Crippen LogP contribution in [0.1, 0.15) is 18.4 Å². The van der Waals surface area contributed by atoms with Crippen LogP contribution in [0, 0.1) is 0 Å². The van der Waals surface area contributed by atoms with Gasteiger partial charge in [-0.05, 0) is 37.6 Å². The van der Waals surface area contributed by atoms with Gasteiger partial charge in [-0.15, -0.1) is 0 Å². The predicted molar refractivity (Wildman–Crippen MR) is 101 cm³/mol. The van der Waals surface area contributed by atoms with Crippen LogP contribution in [0.2, 0.25) is 0 Å². The molecule has 0 aromatic heterocycles. The first-order valence-corrected chi connectivity index (χ1v) is 9.10. The van der Waals surface area contributed by atoms with Gasteiger partial charge >= 0.3 is 0 Å². The minimum atomic E-state index is 0.0165. The number of benzene rings is 2. The fourth-order valence-corrected chi connectivity index (χ4v) is 3.09. The summed E-state index contributed by atoms with van der Waals surface area (Å²) in [5.74, 6) is 1.26. The molecule has 2 aromatic carbocycles. The monoisotopic (exact) mass is 354 g/mol. The molecule has 1 fully saturated rings. The predicted octanol–water partition coefficient (Wildman–Crippen LogP) is 2.85. The van der Waals surface area contributed by atoms with Crippen molar-refractivity contribution in [2.75, 3.05) is 26.7 Å². The molecule has 138 valence electrons. The summed E-state index contributed by atoms with van der Waals surface area (Å²) >= 11 is 0. The number of ether oxygens (including phenoxy) is 2. The van der Waals surface area contributed by atoms with Crippen molar-refractivity contribution in [3.05, 3.63) is 60.2 Å². The molecule has 1 N–H and O–H groups in total. The highest BCUT2D eigenvalue weighted by molar-refractivity contribution is 5.78. The van der Waals surface area contributed by atoms with Crippen LogP contribution in [-0.2, 0) is 11.4 Å². The molecule has 3 rings (SSSR count). The lowest BCUT2D eigenvalue weighted by Crippen LogP contribution is -2.48. The topological polar surface area (TPSA) is 50.8 Å². The standard InChI is InChI=1S/C21H26N2O3/c1-22-18-10-7-13-23(14-18)21(24)16-26-20-12-6-5-11-19(20)25-15-17-8-3-2-4-9-17/h2-6,8-9,11-12,18,22H,7,10,13-16H2,1H3. The van der Waals surface area contributed by atoms with Crippen molar-refractivity contribution in [2.45, 2.75) is 25.5 Å². The normalized spacial score (nSPS) is 17.0. The van der Waals surface area contributed by atoms with Crippen LogP contribution < -0.4 is 14.8 Å². The van der Waals surface area contributed by atoms with Crippen LogP contribution in [0.3, 0.4) is 0 Å². The third kappa shape index (κ3) is 4.99. The van der Waals surface area contributed by atoms with Gasteiger partial charge in [0.2, 0.25) is 0 Å². The summed E-state index contributed by atoms with van der Waals surface area (Å²) in [6.07, 6.45) is 2.13. The number of rotatable bonds is 7. The zero-order valence-electron chi connectivity index (χ0n) is 15.2. The number of hydrogen-bond acceptors (Lipinski definition) is 4. The van der Waals surface area contributed by atoms with Crippen molar-refractivity contribution >= 4 is 5.91 Å². The van der Waals surface area contributed by atoms with Gasteiger partial charge in [0.15, 0.2) is 18.1 Å². The maximum Gasteiger partial charge on any atom is 0.260 e. The highest BCUT2D eigenvalue weighted by Crippen LogP contribution is 2.27. The number of nitrogens with one attached hydrogen (secondary N) is 1. The summed E-state index contributed by atoms with van der Waals surface area (Å²) < 4.78 is 11.6. The number of para-hydroxylation sites is 2. The number of hydrogen-bond donors (Lipinski definition) is 1. The molecule has 1 aliphatic heterocycles. The van der Waals surface area contributed by atoms with Crippen molar-refractivity contribution < 1.29 is 14.3 Å². The Morgan fingerprint density at radius 2 is 1.77 bits per heavy atom. The number of piperidine rings is 1. The lowest BCUT2D eigenvalue weighted by molar-refractivity contribution is -0.134. The van der Waals surface area contributed by atoms with Crippen LogP contribution in [0.5, 0.6) is 11.5 Å². The highest BCUT2D eigenvalue weighted by Gasteiger charge is 2.23. The van der Waals surface area contributed by atoms with Gasteiger partial charge in [0.25, 0.3) is 5.91 Å². The molecule has 1 saturated heterocycles. The molecule has 0 bridgehead atoms. The van der Waals surface area contributed by atoms with Gasteiger partial charge < -0.3 is 19.7 Å². The maximum atomic E-state index is 12.5. The van der Waals surface area contributed by atoms with Crippen molar-refractivity contribution in [1.82, 2.24) is 10.2 Å². The molecule has 0 spiro atoms. The van der Waals surface area contributed by atoms with Crippen molar-refractivity contribution in [1.29, 1.82) is 0 Å². The summed E-state index contributed by atoms with van der Waals surface area (Å²) in [6.45, 7) is 2.03. The van der Waals surface area contributed by atoms with E-state index in [2.05, 4.69) is 5.32 Å². The van der Waals surface area contributed by atoms with Gasteiger partial charge in [-0.25, -0.2) is 0 Å². The lowest BCUT2D eigenvalue weighted by atomic mass is 10.1. The molecular weight excluding hydrogens is 328 g/mol. The Hall–Kier alpha value is -2.53. The SMILES string of the molecule is CNC1CCCN(C(=O)COc2ccccc2OCc2ccccc2)C1. The van der Waals surface area contributed by atoms with Crippen LogP contribution in [0.25, 0.3) is 0 Å². The van der Waals surface area contributed by atoms with Crippen molar-refractivity contribution in [2.24, 2.45) is 0 Å². The average Bonchev–Trinajstić information content (AvgIpc) is 2.72. The van der Waals surface area contributed by atoms with Gasteiger partial charge in [-0.2, -0.15) is 0 Å². The van der Waals surface area contributed by atoms with Crippen LogP contribution in [-0.4, -0.2) is 43.6 Å². The fourth-order valence-electron chi connectivity index (χ4n) is 3.09. The smallest absolute Gasteiger partial charge is 0.260 e. The molecule has 1 aliphatic rings. The Balaban J connectivity index is 1.55. The van der Waals surface area contributed by atoms with Crippen molar-refractivity contribution in [3.63, 3.8) is 0 Å². The number of likely N-dealkylation sites (tertiary alicyclic amines) is 1. The number of likely N-dealkylation sites (N-methyl/N-ethyl adjacent to an activating group) is 1. The van der Waals surface area contributed by atoms with E-state index >= 15 is 0 Å². The first-order chi connectivity index (χ1) is 12.8. The van der Waals surface area contributed by atoms with Crippen LogP contribution >= 0.6 is 0 Å². The quantitative estimate of drug-likeness (QED) is 0.831. The number of nitrogens with zero attached hydrogens (tertiary/aromatic N) is 1. The van der Waals surface area contributed by atoms with Gasteiger partial charge in [-0.1, -0.05) is 42.5 Å². The maximum absolute atomic E-state index is 12.5. The first kappa shape index (κ1) is 18.3. The number of carbonyl (C=O) groups is 1. The van der Waals surface area contributed by atoms with Gasteiger partial charge in [0.05, 0.1) is 0 Å². The first-order valence-electron chi connectivity index (χ1n) is 9.10. The zero-order chi connectivity index (χ0) is 18.2. The largest absolute Gasteiger partial charge is 0.485 e. The van der Waals surface area contributed by atoms with E-state index in [1.165, 1.54) is 0 Å². The molecule has 1 amide bonds. The van der Waals surface area contributed by atoms with Crippen LogP contribution in [0.4, 0.5) is 0 Å². The van der Waals surface area contributed by atoms with Crippen LogP contribution in [0.15, 0.2) is 54.6 Å². The third-order valence-corrected chi connectivity index (χ3v) is 4.62. The Labute approximate surface area is 154 Å². The lowest BCUT2D eigenvalue weighted by Gasteiger charge is -2.32. The fraction of sp³-hybridized carbons (Fsp3) is 0.381. The molecule has 1 atom stereocenters. The molecule has 26 heavy (non-hydrogen) atoms. The molecule has 2 aromatic rings. The van der Waals surface area contributed by atoms with Gasteiger partial charge in [0.1, 0.15) is 6.61 Å². The summed E-state index contributed by atoms with van der Waals surface area (Å²) in [7, 11) is 1.94. The molecule has 5 heteroatoms. The van der Waals surface area contributed by atoms with E-state index in [1.807, 2.05) is 66.5 Å². The highest BCUT2D eigenvalue weighted by atomic mass is 16.5. The molecule has 1 unspecified atom stereocenters. The average molecular weight is 354 g/mol. The molecule has 0 saturated carbocycles. The number of amides is 1. The molecule has 5 nitrogen and oxygen atoms in total. The molecule has 1 heterocycles. The Morgan fingerprint density at radius 1 is 1.08 bits per heavy atom. The van der Waals surface area contributed by atoms with Gasteiger partial charge in [-0.3, -0.25) is 4.79 Å². The van der Waals surface area contributed by atoms with E-state index < -0.39 is 0 Å². The van der Waals surface area contributed by atoms with Crippen molar-refractivity contribution in [3.8, 4) is 11.5 Å². The van der Waals surface area contributed by atoms with E-state index in [0.717, 1.165) is 31.5 Å². The summed E-state index contributed by atoms with van der Waals surface area (Å²) in [5.41, 5.74) is 1.09. The summed E-state index contributed by atoms with van der Waals surface area (Å²) in [6, 6.07) is 17.8. The Morgan fingerprint density at radius 3 is 2.50 bits per heavy atom.